The summed E-state index contributed by atoms with van der Waals surface area (Å²) in [5.41, 5.74) is 0.876. The molecule has 0 unspecified atom stereocenters. The van der Waals surface area contributed by atoms with E-state index in [4.69, 9.17) is 0 Å². The van der Waals surface area contributed by atoms with Crippen LogP contribution in [0.5, 0.6) is 0 Å². The molecule has 1 N–H and O–H groups in total. The summed E-state index contributed by atoms with van der Waals surface area (Å²) >= 11 is 0. The molecule has 0 aromatic heterocycles. The fraction of sp³-hybridized carbons (Fsp3) is 0.500. The molecule has 4 nitrogen and oxygen atoms in total. The molecule has 0 spiro atoms. The number of benzene rings is 1. The molecular weight excluding hydrogens is 255 g/mol. The molecule has 0 aliphatic carbocycles. The van der Waals surface area contributed by atoms with E-state index in [1.807, 2.05) is 0 Å². The zero-order valence-corrected chi connectivity index (χ0v) is 10.9. The molecule has 1 aromatic carbocycles. The van der Waals surface area contributed by atoms with Crippen LogP contribution in [-0.2, 0) is 9.84 Å². The highest BCUT2D eigenvalue weighted by molar-refractivity contribution is 7.91. The zero-order valence-electron chi connectivity index (χ0n) is 10.1. The van der Waals surface area contributed by atoms with Crippen molar-refractivity contribution in [2.75, 3.05) is 43.0 Å². The molecule has 0 amide bonds. The Labute approximate surface area is 107 Å². The first kappa shape index (κ1) is 13.3. The molecule has 1 fully saturated rings. The average Bonchev–Trinajstić information content (AvgIpc) is 2.34. The zero-order chi connectivity index (χ0) is 13.0. The highest BCUT2D eigenvalue weighted by atomic mass is 32.2. The second-order valence-corrected chi connectivity index (χ2v) is 6.73. The molecule has 0 bridgehead atoms. The van der Waals surface area contributed by atoms with Crippen molar-refractivity contribution in [3.8, 4) is 0 Å². The third kappa shape index (κ3) is 3.96. The lowest BCUT2D eigenvalue weighted by atomic mass is 10.3. The number of anilines is 1. The molecule has 1 aromatic rings. The van der Waals surface area contributed by atoms with Gasteiger partial charge in [0.05, 0.1) is 11.5 Å². The normalized spacial score (nSPS) is 19.6. The summed E-state index contributed by atoms with van der Waals surface area (Å²) in [7, 11) is -2.80. The Balaban J connectivity index is 1.71. The Hall–Kier alpha value is -1.14. The van der Waals surface area contributed by atoms with Gasteiger partial charge in [0, 0.05) is 31.9 Å². The Bertz CT molecular complexity index is 473. The minimum atomic E-state index is -2.80. The van der Waals surface area contributed by atoms with Crippen molar-refractivity contribution in [1.29, 1.82) is 0 Å². The van der Waals surface area contributed by atoms with Crippen LogP contribution in [0.4, 0.5) is 10.1 Å². The number of hydrogen-bond acceptors (Lipinski definition) is 4. The van der Waals surface area contributed by atoms with Crippen molar-refractivity contribution in [1.82, 2.24) is 4.90 Å². The smallest absolute Gasteiger partial charge is 0.152 e. The first-order valence-electron chi connectivity index (χ1n) is 5.97. The SMILES string of the molecule is O=S1(=O)CCN(CCNc2ccc(F)cc2)CC1. The van der Waals surface area contributed by atoms with Crippen molar-refractivity contribution in [3.63, 3.8) is 0 Å². The Kier molecular flexibility index (Phi) is 4.19. The van der Waals surface area contributed by atoms with E-state index in [0.29, 0.717) is 13.1 Å². The van der Waals surface area contributed by atoms with Crippen LogP contribution in [0.1, 0.15) is 0 Å². The molecule has 100 valence electrons. The predicted octanol–water partition coefficient (Wildman–Crippen LogP) is 0.968. The maximum absolute atomic E-state index is 12.7. The van der Waals surface area contributed by atoms with Crippen LogP contribution in [0.25, 0.3) is 0 Å². The monoisotopic (exact) mass is 272 g/mol. The molecule has 1 aliphatic heterocycles. The Morgan fingerprint density at radius 3 is 2.39 bits per heavy atom. The van der Waals surface area contributed by atoms with Crippen molar-refractivity contribution in [2.45, 2.75) is 0 Å². The number of halogens is 1. The van der Waals surface area contributed by atoms with Gasteiger partial charge in [0.2, 0.25) is 0 Å². The summed E-state index contributed by atoms with van der Waals surface area (Å²) in [6.07, 6.45) is 0. The van der Waals surface area contributed by atoms with E-state index < -0.39 is 9.84 Å². The van der Waals surface area contributed by atoms with E-state index >= 15 is 0 Å². The van der Waals surface area contributed by atoms with Crippen LogP contribution in [-0.4, -0.2) is 51.0 Å². The van der Waals surface area contributed by atoms with E-state index in [0.717, 1.165) is 18.8 Å². The van der Waals surface area contributed by atoms with Gasteiger partial charge < -0.3 is 5.32 Å². The molecule has 0 radical (unpaired) electrons. The summed E-state index contributed by atoms with van der Waals surface area (Å²) in [6.45, 7) is 2.74. The standard InChI is InChI=1S/C12H17FN2O2S/c13-11-1-3-12(4-2-11)14-5-6-15-7-9-18(16,17)10-8-15/h1-4,14H,5-10H2. The van der Waals surface area contributed by atoms with Gasteiger partial charge in [-0.3, -0.25) is 4.90 Å². The average molecular weight is 272 g/mol. The Morgan fingerprint density at radius 1 is 1.17 bits per heavy atom. The largest absolute Gasteiger partial charge is 0.384 e. The highest BCUT2D eigenvalue weighted by Gasteiger charge is 2.20. The molecule has 6 heteroatoms. The van der Waals surface area contributed by atoms with Crippen LogP contribution >= 0.6 is 0 Å². The van der Waals surface area contributed by atoms with Crippen LogP contribution in [0.2, 0.25) is 0 Å². The molecular formula is C12H17FN2O2S. The van der Waals surface area contributed by atoms with Crippen LogP contribution in [0.3, 0.4) is 0 Å². The van der Waals surface area contributed by atoms with Gasteiger partial charge in [-0.1, -0.05) is 0 Å². The number of sulfone groups is 1. The fourth-order valence-electron chi connectivity index (χ4n) is 1.90. The second-order valence-electron chi connectivity index (χ2n) is 4.43. The maximum Gasteiger partial charge on any atom is 0.152 e. The minimum absolute atomic E-state index is 0.248. The summed E-state index contributed by atoms with van der Waals surface area (Å²) in [6, 6.07) is 6.21. The van der Waals surface area contributed by atoms with Gasteiger partial charge in [-0.25, -0.2) is 12.8 Å². The number of nitrogens with zero attached hydrogens (tertiary/aromatic N) is 1. The first-order chi connectivity index (χ1) is 8.55. The first-order valence-corrected chi connectivity index (χ1v) is 7.79. The molecule has 1 saturated heterocycles. The molecule has 1 aliphatic rings. The van der Waals surface area contributed by atoms with Crippen molar-refractivity contribution < 1.29 is 12.8 Å². The molecule has 1 heterocycles. The van der Waals surface area contributed by atoms with Gasteiger partial charge in [0.1, 0.15) is 5.82 Å². The topological polar surface area (TPSA) is 49.4 Å². The van der Waals surface area contributed by atoms with Gasteiger partial charge in [0.25, 0.3) is 0 Å². The van der Waals surface area contributed by atoms with Gasteiger partial charge in [-0.05, 0) is 24.3 Å². The number of hydrogen-bond donors (Lipinski definition) is 1. The summed E-state index contributed by atoms with van der Waals surface area (Å²) in [4.78, 5) is 2.12. The maximum atomic E-state index is 12.7. The van der Waals surface area contributed by atoms with Crippen LogP contribution < -0.4 is 5.32 Å². The van der Waals surface area contributed by atoms with E-state index in [1.165, 1.54) is 12.1 Å². The Morgan fingerprint density at radius 2 is 1.78 bits per heavy atom. The van der Waals surface area contributed by atoms with Gasteiger partial charge in [-0.15, -0.1) is 0 Å². The predicted molar refractivity (Wildman–Crippen MR) is 70.0 cm³/mol. The lowest BCUT2D eigenvalue weighted by Crippen LogP contribution is -2.42. The highest BCUT2D eigenvalue weighted by Crippen LogP contribution is 2.08. The van der Waals surface area contributed by atoms with Gasteiger partial charge >= 0.3 is 0 Å². The van der Waals surface area contributed by atoms with E-state index in [-0.39, 0.29) is 17.3 Å². The molecule has 0 atom stereocenters. The fourth-order valence-corrected chi connectivity index (χ4v) is 3.18. The van der Waals surface area contributed by atoms with E-state index in [2.05, 4.69) is 10.2 Å². The summed E-state index contributed by atoms with van der Waals surface area (Å²) in [5.74, 6) is 0.259. The van der Waals surface area contributed by atoms with Crippen molar-refractivity contribution in [3.05, 3.63) is 30.1 Å². The third-order valence-corrected chi connectivity index (χ3v) is 4.65. The van der Waals surface area contributed by atoms with Crippen molar-refractivity contribution in [2.24, 2.45) is 0 Å². The summed E-state index contributed by atoms with van der Waals surface area (Å²) in [5, 5.41) is 3.18. The lowest BCUT2D eigenvalue weighted by molar-refractivity contribution is 0.307. The second kappa shape index (κ2) is 5.67. The molecule has 0 saturated carbocycles. The molecule has 2 rings (SSSR count). The van der Waals surface area contributed by atoms with Crippen LogP contribution in [0, 0.1) is 5.82 Å². The van der Waals surface area contributed by atoms with E-state index in [1.54, 1.807) is 12.1 Å². The van der Waals surface area contributed by atoms with Crippen LogP contribution in [0.15, 0.2) is 24.3 Å². The summed E-state index contributed by atoms with van der Waals surface area (Å²) < 4.78 is 35.2. The number of nitrogens with one attached hydrogen (secondary N) is 1. The lowest BCUT2D eigenvalue weighted by Gasteiger charge is -2.26. The molecule has 18 heavy (non-hydrogen) atoms. The van der Waals surface area contributed by atoms with E-state index in [9.17, 15) is 12.8 Å². The van der Waals surface area contributed by atoms with Gasteiger partial charge in [-0.2, -0.15) is 0 Å². The van der Waals surface area contributed by atoms with Gasteiger partial charge in [0.15, 0.2) is 9.84 Å². The van der Waals surface area contributed by atoms with Crippen molar-refractivity contribution >= 4 is 15.5 Å². The minimum Gasteiger partial charge on any atom is -0.384 e. The quantitative estimate of drug-likeness (QED) is 0.887. The number of rotatable bonds is 4. The third-order valence-electron chi connectivity index (χ3n) is 3.04.